The Kier molecular flexibility index (Phi) is 2.23. The molecule has 4 aliphatic carbocycles. The first-order valence-electron chi connectivity index (χ1n) is 6.29. The molecule has 0 spiro atoms. The van der Waals surface area contributed by atoms with Crippen molar-refractivity contribution in [2.45, 2.75) is 44.1 Å². The van der Waals surface area contributed by atoms with Crippen molar-refractivity contribution in [3.63, 3.8) is 0 Å². The van der Waals surface area contributed by atoms with E-state index in [0.29, 0.717) is 0 Å². The lowest BCUT2D eigenvalue weighted by atomic mass is 9.53. The van der Waals surface area contributed by atoms with Crippen molar-refractivity contribution in [3.05, 3.63) is 12.8 Å². The normalized spacial score (nSPS) is 44.1. The van der Waals surface area contributed by atoms with Crippen LogP contribution in [0.5, 0.6) is 0 Å². The van der Waals surface area contributed by atoms with Gasteiger partial charge in [0.1, 0.15) is 0 Å². The van der Waals surface area contributed by atoms with E-state index in [9.17, 15) is 4.79 Å². The number of carbonyl (C=O) groups is 1. The molecule has 4 bridgehead atoms. The van der Waals surface area contributed by atoms with Crippen LogP contribution in [0.15, 0.2) is 12.8 Å². The van der Waals surface area contributed by atoms with Gasteiger partial charge in [0.05, 0.1) is 6.26 Å². The lowest BCUT2D eigenvalue weighted by Crippen LogP contribution is -2.59. The lowest BCUT2D eigenvalue weighted by Gasteiger charge is -2.56. The SMILES string of the molecule is C=COC(=O)NC12CC3CC(CC(C3)C1)C2. The van der Waals surface area contributed by atoms with Crippen LogP contribution in [0.4, 0.5) is 4.79 Å². The maximum atomic E-state index is 11.5. The third-order valence-corrected chi connectivity index (χ3v) is 4.60. The summed E-state index contributed by atoms with van der Waals surface area (Å²) in [6.07, 6.45) is 8.51. The van der Waals surface area contributed by atoms with Crippen LogP contribution in [-0.2, 0) is 4.74 Å². The van der Waals surface area contributed by atoms with Crippen LogP contribution in [0.1, 0.15) is 38.5 Å². The van der Waals surface area contributed by atoms with Crippen LogP contribution in [0.3, 0.4) is 0 Å². The van der Waals surface area contributed by atoms with Crippen molar-refractivity contribution >= 4 is 6.09 Å². The van der Waals surface area contributed by atoms with E-state index in [1.165, 1.54) is 25.5 Å². The molecule has 88 valence electrons. The van der Waals surface area contributed by atoms with Gasteiger partial charge in [0.2, 0.25) is 0 Å². The smallest absolute Gasteiger partial charge is 0.412 e. The van der Waals surface area contributed by atoms with E-state index in [2.05, 4.69) is 11.9 Å². The summed E-state index contributed by atoms with van der Waals surface area (Å²) in [5, 5.41) is 3.09. The van der Waals surface area contributed by atoms with E-state index in [4.69, 9.17) is 4.74 Å². The third kappa shape index (κ3) is 1.62. The first-order chi connectivity index (χ1) is 7.69. The Balaban J connectivity index is 1.73. The molecule has 0 saturated heterocycles. The Bertz CT molecular complexity index is 289. The van der Waals surface area contributed by atoms with Crippen LogP contribution in [0.2, 0.25) is 0 Å². The van der Waals surface area contributed by atoms with Crippen LogP contribution in [-0.4, -0.2) is 11.6 Å². The molecule has 1 amide bonds. The van der Waals surface area contributed by atoms with E-state index < -0.39 is 0 Å². The van der Waals surface area contributed by atoms with Crippen molar-refractivity contribution < 1.29 is 9.53 Å². The largest absolute Gasteiger partial charge is 0.419 e. The minimum absolute atomic E-state index is 0.0504. The number of hydrogen-bond acceptors (Lipinski definition) is 2. The molecule has 4 rings (SSSR count). The number of ether oxygens (including phenoxy) is 1. The van der Waals surface area contributed by atoms with Gasteiger partial charge in [0, 0.05) is 5.54 Å². The zero-order valence-electron chi connectivity index (χ0n) is 9.58. The molecule has 0 radical (unpaired) electrons. The Morgan fingerprint density at radius 1 is 1.19 bits per heavy atom. The number of amides is 1. The van der Waals surface area contributed by atoms with Crippen molar-refractivity contribution in [1.29, 1.82) is 0 Å². The van der Waals surface area contributed by atoms with Crippen LogP contribution in [0, 0.1) is 17.8 Å². The van der Waals surface area contributed by atoms with Gasteiger partial charge in [-0.1, -0.05) is 6.58 Å². The average molecular weight is 221 g/mol. The van der Waals surface area contributed by atoms with E-state index in [1.54, 1.807) is 0 Å². The average Bonchev–Trinajstić information content (AvgIpc) is 2.13. The summed E-state index contributed by atoms with van der Waals surface area (Å²) < 4.78 is 4.79. The number of hydrogen-bond donors (Lipinski definition) is 1. The molecule has 0 aromatic rings. The van der Waals surface area contributed by atoms with Crippen molar-refractivity contribution in [3.8, 4) is 0 Å². The summed E-state index contributed by atoms with van der Waals surface area (Å²) >= 11 is 0. The molecular weight excluding hydrogens is 202 g/mol. The van der Waals surface area contributed by atoms with E-state index in [1.807, 2.05) is 0 Å². The molecular formula is C13H19NO2. The van der Waals surface area contributed by atoms with Gasteiger partial charge in [-0.05, 0) is 56.3 Å². The molecule has 16 heavy (non-hydrogen) atoms. The number of rotatable bonds is 2. The molecule has 3 heteroatoms. The molecule has 0 atom stereocenters. The Morgan fingerprint density at radius 3 is 2.12 bits per heavy atom. The third-order valence-electron chi connectivity index (χ3n) is 4.60. The van der Waals surface area contributed by atoms with Crippen molar-refractivity contribution in [2.75, 3.05) is 0 Å². The lowest BCUT2D eigenvalue weighted by molar-refractivity contribution is -0.0170. The summed E-state index contributed by atoms with van der Waals surface area (Å²) in [6.45, 7) is 3.41. The van der Waals surface area contributed by atoms with E-state index >= 15 is 0 Å². The highest BCUT2D eigenvalue weighted by atomic mass is 16.5. The summed E-state index contributed by atoms with van der Waals surface area (Å²) in [6, 6.07) is 0. The second-order valence-corrected chi connectivity index (χ2v) is 5.89. The first-order valence-corrected chi connectivity index (χ1v) is 6.29. The number of carbonyl (C=O) groups excluding carboxylic acids is 1. The summed E-state index contributed by atoms with van der Waals surface area (Å²) in [4.78, 5) is 11.5. The maximum absolute atomic E-state index is 11.5. The van der Waals surface area contributed by atoms with E-state index in [0.717, 1.165) is 37.0 Å². The number of alkyl carbamates (subject to hydrolysis) is 1. The molecule has 1 N–H and O–H groups in total. The monoisotopic (exact) mass is 221 g/mol. The fourth-order valence-corrected chi connectivity index (χ4v) is 4.59. The molecule has 0 unspecified atom stereocenters. The molecule has 3 nitrogen and oxygen atoms in total. The predicted molar refractivity (Wildman–Crippen MR) is 60.7 cm³/mol. The molecule has 4 fully saturated rings. The topological polar surface area (TPSA) is 38.3 Å². The van der Waals surface area contributed by atoms with Gasteiger partial charge in [-0.2, -0.15) is 0 Å². The highest BCUT2D eigenvalue weighted by Gasteiger charge is 2.51. The predicted octanol–water partition coefficient (Wildman–Crippen LogP) is 2.82. The van der Waals surface area contributed by atoms with E-state index in [-0.39, 0.29) is 11.6 Å². The maximum Gasteiger partial charge on any atom is 0.412 e. The molecule has 0 aromatic carbocycles. The molecule has 0 aromatic heterocycles. The van der Waals surface area contributed by atoms with Crippen LogP contribution in [0.25, 0.3) is 0 Å². The Labute approximate surface area is 96.2 Å². The Hall–Kier alpha value is -0.990. The molecule has 0 aliphatic heterocycles. The van der Waals surface area contributed by atoms with Crippen LogP contribution < -0.4 is 5.32 Å². The quantitative estimate of drug-likeness (QED) is 0.728. The van der Waals surface area contributed by atoms with Gasteiger partial charge in [0.15, 0.2) is 0 Å². The summed E-state index contributed by atoms with van der Waals surface area (Å²) in [5.74, 6) is 2.53. The minimum Gasteiger partial charge on any atom is -0.419 e. The molecule has 0 heterocycles. The van der Waals surface area contributed by atoms with Crippen LogP contribution >= 0.6 is 0 Å². The van der Waals surface area contributed by atoms with Crippen molar-refractivity contribution in [2.24, 2.45) is 17.8 Å². The fraction of sp³-hybridized carbons (Fsp3) is 0.769. The first kappa shape index (κ1) is 10.2. The highest BCUT2D eigenvalue weighted by molar-refractivity contribution is 5.69. The second-order valence-electron chi connectivity index (χ2n) is 5.89. The van der Waals surface area contributed by atoms with Gasteiger partial charge in [-0.25, -0.2) is 4.79 Å². The van der Waals surface area contributed by atoms with Gasteiger partial charge in [0.25, 0.3) is 0 Å². The van der Waals surface area contributed by atoms with Crippen molar-refractivity contribution in [1.82, 2.24) is 5.32 Å². The molecule has 4 aliphatic rings. The highest BCUT2D eigenvalue weighted by Crippen LogP contribution is 2.55. The van der Waals surface area contributed by atoms with Gasteiger partial charge in [-0.3, -0.25) is 0 Å². The Morgan fingerprint density at radius 2 is 1.69 bits per heavy atom. The van der Waals surface area contributed by atoms with Gasteiger partial charge >= 0.3 is 6.09 Å². The fourth-order valence-electron chi connectivity index (χ4n) is 4.59. The molecule has 4 saturated carbocycles. The second kappa shape index (κ2) is 3.51. The zero-order valence-corrected chi connectivity index (χ0v) is 9.58. The standard InChI is InChI=1S/C13H19NO2/c1-2-16-12(15)14-13-6-9-3-10(7-13)5-11(4-9)8-13/h2,9-11H,1,3-8H2,(H,14,15). The minimum atomic E-state index is -0.322. The summed E-state index contributed by atoms with van der Waals surface area (Å²) in [5.41, 5.74) is 0.0504. The summed E-state index contributed by atoms with van der Waals surface area (Å²) in [7, 11) is 0. The number of nitrogens with one attached hydrogen (secondary N) is 1. The zero-order chi connectivity index (χ0) is 11.2. The van der Waals surface area contributed by atoms with Gasteiger partial charge in [-0.15, -0.1) is 0 Å². The van der Waals surface area contributed by atoms with Gasteiger partial charge < -0.3 is 10.1 Å².